The van der Waals surface area contributed by atoms with Crippen LogP contribution in [-0.2, 0) is 4.57 Å². The van der Waals surface area contributed by atoms with E-state index in [9.17, 15) is 9.36 Å². The van der Waals surface area contributed by atoms with Gasteiger partial charge in [0.1, 0.15) is 0 Å². The van der Waals surface area contributed by atoms with Crippen molar-refractivity contribution in [3.05, 3.63) is 35.4 Å². The van der Waals surface area contributed by atoms with E-state index in [-0.39, 0.29) is 5.56 Å². The van der Waals surface area contributed by atoms with Crippen LogP contribution >= 0.6 is 8.03 Å². The second-order valence-corrected chi connectivity index (χ2v) is 4.25. The minimum Gasteiger partial charge on any atom is -0.478 e. The van der Waals surface area contributed by atoms with Crippen LogP contribution in [0.1, 0.15) is 28.5 Å². The number of carbonyl (C=O) groups is 1. The Kier molecular flexibility index (Phi) is 3.33. The molecule has 0 spiro atoms. The SMILES string of the molecule is CC(c1ccccc1C(=O)O)[P+](=O)O. The third kappa shape index (κ3) is 2.16. The molecule has 0 bridgehead atoms. The lowest BCUT2D eigenvalue weighted by Gasteiger charge is -2.03. The number of rotatable bonds is 3. The van der Waals surface area contributed by atoms with Crippen LogP contribution in [0.5, 0.6) is 0 Å². The van der Waals surface area contributed by atoms with Crippen LogP contribution < -0.4 is 0 Å². The third-order valence-electron chi connectivity index (χ3n) is 1.97. The largest absolute Gasteiger partial charge is 0.513 e. The van der Waals surface area contributed by atoms with Gasteiger partial charge >= 0.3 is 14.0 Å². The van der Waals surface area contributed by atoms with Gasteiger partial charge in [0.15, 0.2) is 0 Å². The van der Waals surface area contributed by atoms with E-state index < -0.39 is 19.7 Å². The molecule has 1 rings (SSSR count). The molecule has 2 atom stereocenters. The molecule has 74 valence electrons. The minimum atomic E-state index is -2.39. The second-order valence-electron chi connectivity index (χ2n) is 2.87. The van der Waals surface area contributed by atoms with E-state index in [0.29, 0.717) is 5.56 Å². The van der Waals surface area contributed by atoms with Crippen LogP contribution in [0.4, 0.5) is 0 Å². The summed E-state index contributed by atoms with van der Waals surface area (Å²) in [6.45, 7) is 1.53. The van der Waals surface area contributed by atoms with Crippen LogP contribution in [0.2, 0.25) is 0 Å². The molecule has 0 saturated heterocycles. The van der Waals surface area contributed by atoms with E-state index in [1.807, 2.05) is 0 Å². The number of hydrogen-bond donors (Lipinski definition) is 2. The summed E-state index contributed by atoms with van der Waals surface area (Å²) >= 11 is 0. The molecule has 14 heavy (non-hydrogen) atoms. The fraction of sp³-hybridized carbons (Fsp3) is 0.222. The zero-order chi connectivity index (χ0) is 10.7. The van der Waals surface area contributed by atoms with Crippen molar-refractivity contribution >= 4 is 14.0 Å². The van der Waals surface area contributed by atoms with Gasteiger partial charge < -0.3 is 5.11 Å². The summed E-state index contributed by atoms with van der Waals surface area (Å²) < 4.78 is 10.8. The molecule has 0 aliphatic heterocycles. The maximum absolute atomic E-state index is 10.8. The summed E-state index contributed by atoms with van der Waals surface area (Å²) in [6, 6.07) is 6.21. The second kappa shape index (κ2) is 4.31. The van der Waals surface area contributed by atoms with Crippen molar-refractivity contribution in [2.24, 2.45) is 0 Å². The monoisotopic (exact) mass is 213 g/mol. The van der Waals surface area contributed by atoms with Crippen LogP contribution in [0.3, 0.4) is 0 Å². The first-order valence-electron chi connectivity index (χ1n) is 4.01. The van der Waals surface area contributed by atoms with Crippen molar-refractivity contribution in [3.63, 3.8) is 0 Å². The lowest BCUT2D eigenvalue weighted by Crippen LogP contribution is -2.03. The van der Waals surface area contributed by atoms with Crippen LogP contribution in [0.25, 0.3) is 0 Å². The van der Waals surface area contributed by atoms with E-state index in [1.54, 1.807) is 18.2 Å². The molecule has 0 aromatic heterocycles. The fourth-order valence-electron chi connectivity index (χ4n) is 1.18. The summed E-state index contributed by atoms with van der Waals surface area (Å²) in [5.41, 5.74) is -0.182. The molecule has 0 aliphatic rings. The number of hydrogen-bond acceptors (Lipinski definition) is 2. The molecule has 4 nitrogen and oxygen atoms in total. The minimum absolute atomic E-state index is 0.0809. The number of carboxylic acids is 1. The van der Waals surface area contributed by atoms with Gasteiger partial charge in [0.05, 0.1) is 5.56 Å². The third-order valence-corrected chi connectivity index (χ3v) is 2.91. The molecule has 0 heterocycles. The van der Waals surface area contributed by atoms with Crippen LogP contribution in [0.15, 0.2) is 24.3 Å². The summed E-state index contributed by atoms with van der Waals surface area (Å²) in [7, 11) is -2.39. The maximum atomic E-state index is 10.8. The molecule has 1 aromatic rings. The average molecular weight is 213 g/mol. The summed E-state index contributed by atoms with van der Waals surface area (Å²) in [5.74, 6) is -1.08. The van der Waals surface area contributed by atoms with E-state index in [0.717, 1.165) is 0 Å². The Morgan fingerprint density at radius 1 is 1.43 bits per heavy atom. The molecule has 5 heteroatoms. The zero-order valence-electron chi connectivity index (χ0n) is 7.54. The Bertz CT molecular complexity index is 375. The number of benzene rings is 1. The quantitative estimate of drug-likeness (QED) is 0.754. The van der Waals surface area contributed by atoms with Crippen molar-refractivity contribution in [2.75, 3.05) is 0 Å². The van der Waals surface area contributed by atoms with Gasteiger partial charge in [-0.05, 0) is 17.6 Å². The zero-order valence-corrected chi connectivity index (χ0v) is 8.44. The highest BCUT2D eigenvalue weighted by Crippen LogP contribution is 2.38. The molecular weight excluding hydrogens is 203 g/mol. The van der Waals surface area contributed by atoms with E-state index in [1.165, 1.54) is 13.0 Å². The normalized spacial score (nSPS) is 13.4. The molecule has 1 aromatic carbocycles. The Labute approximate surface area is 82.1 Å². The summed E-state index contributed by atoms with van der Waals surface area (Å²) in [5, 5.41) is 8.82. The number of carboxylic acid groups (broad SMARTS) is 1. The van der Waals surface area contributed by atoms with Gasteiger partial charge in [0.25, 0.3) is 0 Å². The molecule has 2 unspecified atom stereocenters. The van der Waals surface area contributed by atoms with Crippen LogP contribution in [0, 0.1) is 0 Å². The van der Waals surface area contributed by atoms with E-state index in [2.05, 4.69) is 0 Å². The first-order valence-corrected chi connectivity index (χ1v) is 5.29. The van der Waals surface area contributed by atoms with E-state index in [4.69, 9.17) is 10.00 Å². The van der Waals surface area contributed by atoms with Gasteiger partial charge in [-0.25, -0.2) is 4.79 Å². The smallest absolute Gasteiger partial charge is 0.478 e. The van der Waals surface area contributed by atoms with E-state index >= 15 is 0 Å². The van der Waals surface area contributed by atoms with Gasteiger partial charge in [-0.3, -0.25) is 0 Å². The topological polar surface area (TPSA) is 74.6 Å². The van der Waals surface area contributed by atoms with Crippen molar-refractivity contribution < 1.29 is 19.4 Å². The lowest BCUT2D eigenvalue weighted by molar-refractivity contribution is 0.0695. The molecule has 0 fully saturated rings. The highest BCUT2D eigenvalue weighted by molar-refractivity contribution is 7.38. The molecule has 0 aliphatic carbocycles. The van der Waals surface area contributed by atoms with Gasteiger partial charge in [-0.2, -0.15) is 4.89 Å². The molecule has 0 radical (unpaired) electrons. The van der Waals surface area contributed by atoms with Gasteiger partial charge in [0, 0.05) is 5.56 Å². The summed E-state index contributed by atoms with van der Waals surface area (Å²) in [6.07, 6.45) is 0. The average Bonchev–Trinajstić information content (AvgIpc) is 2.16. The predicted octanol–water partition coefficient (Wildman–Crippen LogP) is 2.18. The van der Waals surface area contributed by atoms with Crippen molar-refractivity contribution in [1.29, 1.82) is 0 Å². The Hall–Kier alpha value is -1.25. The lowest BCUT2D eigenvalue weighted by atomic mass is 10.1. The summed E-state index contributed by atoms with van der Waals surface area (Å²) in [4.78, 5) is 19.7. The van der Waals surface area contributed by atoms with Crippen molar-refractivity contribution in [3.8, 4) is 0 Å². The van der Waals surface area contributed by atoms with Gasteiger partial charge in [-0.1, -0.05) is 18.2 Å². The predicted molar refractivity (Wildman–Crippen MR) is 51.6 cm³/mol. The molecule has 0 amide bonds. The van der Waals surface area contributed by atoms with Crippen molar-refractivity contribution in [1.82, 2.24) is 0 Å². The van der Waals surface area contributed by atoms with Crippen molar-refractivity contribution in [2.45, 2.75) is 12.6 Å². The maximum Gasteiger partial charge on any atom is 0.513 e. The Morgan fingerprint density at radius 2 is 2.00 bits per heavy atom. The van der Waals surface area contributed by atoms with Crippen LogP contribution in [-0.4, -0.2) is 16.0 Å². The first kappa shape index (κ1) is 10.8. The first-order chi connectivity index (χ1) is 6.54. The molecule has 0 saturated carbocycles. The standard InChI is InChI=1S/C9H9O4P/c1-6(14(12)13)7-4-2-3-5-8(7)9(10)11/h2-6H,1H3,(H-,10,11,12,13)/p+1. The van der Waals surface area contributed by atoms with Gasteiger partial charge in [0.2, 0.25) is 5.66 Å². The number of aromatic carboxylic acids is 1. The van der Waals surface area contributed by atoms with Gasteiger partial charge in [-0.15, -0.1) is 0 Å². The Balaban J connectivity index is 3.19. The highest BCUT2D eigenvalue weighted by Gasteiger charge is 2.29. The fourth-order valence-corrected chi connectivity index (χ4v) is 1.64. The molecular formula is C9H10O4P+. The Morgan fingerprint density at radius 3 is 2.50 bits per heavy atom. The highest BCUT2D eigenvalue weighted by atomic mass is 31.1. The molecule has 2 N–H and O–H groups in total.